The predicted molar refractivity (Wildman–Crippen MR) is 60.7 cm³/mol. The standard InChI is InChI=1S/C11H10N4O/c1-6-14-8-3-2-7(4-9(8)15-6)10-5-13-11(12)16-10/h2-5H,1H3,(H2,12,13)(H,14,15). The fourth-order valence-corrected chi connectivity index (χ4v) is 1.71. The summed E-state index contributed by atoms with van der Waals surface area (Å²) in [7, 11) is 0. The highest BCUT2D eigenvalue weighted by Gasteiger charge is 2.06. The lowest BCUT2D eigenvalue weighted by Gasteiger charge is -1.95. The molecule has 0 aliphatic heterocycles. The molecule has 0 spiro atoms. The van der Waals surface area contributed by atoms with E-state index in [-0.39, 0.29) is 6.01 Å². The number of benzene rings is 1. The van der Waals surface area contributed by atoms with E-state index in [1.807, 2.05) is 25.1 Å². The minimum atomic E-state index is 0.177. The van der Waals surface area contributed by atoms with E-state index in [9.17, 15) is 0 Å². The number of aromatic amines is 1. The quantitative estimate of drug-likeness (QED) is 0.650. The number of anilines is 1. The van der Waals surface area contributed by atoms with Gasteiger partial charge in [-0.3, -0.25) is 0 Å². The Morgan fingerprint density at radius 1 is 1.38 bits per heavy atom. The third kappa shape index (κ3) is 1.33. The van der Waals surface area contributed by atoms with Gasteiger partial charge >= 0.3 is 0 Å². The van der Waals surface area contributed by atoms with Gasteiger partial charge in [0.15, 0.2) is 5.76 Å². The molecule has 0 amide bonds. The van der Waals surface area contributed by atoms with Crippen LogP contribution in [0.1, 0.15) is 5.82 Å². The van der Waals surface area contributed by atoms with E-state index in [0.717, 1.165) is 22.4 Å². The molecular formula is C11H10N4O. The van der Waals surface area contributed by atoms with Gasteiger partial charge in [0.2, 0.25) is 0 Å². The number of nitrogens with zero attached hydrogens (tertiary/aromatic N) is 2. The topological polar surface area (TPSA) is 80.7 Å². The minimum Gasteiger partial charge on any atom is -0.424 e. The van der Waals surface area contributed by atoms with Crippen molar-refractivity contribution in [2.45, 2.75) is 6.92 Å². The predicted octanol–water partition coefficient (Wildman–Crippen LogP) is 2.11. The van der Waals surface area contributed by atoms with E-state index < -0.39 is 0 Å². The Morgan fingerprint density at radius 2 is 2.25 bits per heavy atom. The number of H-pyrrole nitrogens is 1. The van der Waals surface area contributed by atoms with Crippen molar-refractivity contribution in [3.8, 4) is 11.3 Å². The number of aryl methyl sites for hydroxylation is 1. The summed E-state index contributed by atoms with van der Waals surface area (Å²) in [6, 6.07) is 6.01. The van der Waals surface area contributed by atoms with Crippen molar-refractivity contribution in [1.29, 1.82) is 0 Å². The van der Waals surface area contributed by atoms with Gasteiger partial charge in [0.1, 0.15) is 5.82 Å². The van der Waals surface area contributed by atoms with Crippen molar-refractivity contribution in [3.05, 3.63) is 30.2 Å². The number of hydrogen-bond donors (Lipinski definition) is 2. The van der Waals surface area contributed by atoms with Gasteiger partial charge in [0.25, 0.3) is 6.01 Å². The van der Waals surface area contributed by atoms with E-state index in [1.165, 1.54) is 0 Å². The number of nitrogen functional groups attached to an aromatic ring is 1. The Bertz CT molecular complexity index is 653. The molecule has 0 atom stereocenters. The van der Waals surface area contributed by atoms with Gasteiger partial charge in [-0.05, 0) is 25.1 Å². The summed E-state index contributed by atoms with van der Waals surface area (Å²) >= 11 is 0. The average molecular weight is 214 g/mol. The van der Waals surface area contributed by atoms with Crippen molar-refractivity contribution >= 4 is 17.0 Å². The highest BCUT2D eigenvalue weighted by molar-refractivity contribution is 5.80. The zero-order valence-electron chi connectivity index (χ0n) is 8.69. The molecule has 16 heavy (non-hydrogen) atoms. The first-order chi connectivity index (χ1) is 7.72. The summed E-state index contributed by atoms with van der Waals surface area (Å²) in [6.45, 7) is 1.92. The fraction of sp³-hybridized carbons (Fsp3) is 0.0909. The summed E-state index contributed by atoms with van der Waals surface area (Å²) in [5.74, 6) is 1.55. The van der Waals surface area contributed by atoms with E-state index in [4.69, 9.17) is 10.2 Å². The molecule has 3 N–H and O–H groups in total. The average Bonchev–Trinajstić information content (AvgIpc) is 2.81. The Hall–Kier alpha value is -2.30. The lowest BCUT2D eigenvalue weighted by molar-refractivity contribution is 0.595. The second-order valence-electron chi connectivity index (χ2n) is 3.62. The smallest absolute Gasteiger partial charge is 0.292 e. The summed E-state index contributed by atoms with van der Waals surface area (Å²) in [6.07, 6.45) is 1.61. The third-order valence-corrected chi connectivity index (χ3v) is 2.41. The van der Waals surface area contributed by atoms with Crippen molar-refractivity contribution < 1.29 is 4.42 Å². The van der Waals surface area contributed by atoms with Crippen molar-refractivity contribution in [3.63, 3.8) is 0 Å². The van der Waals surface area contributed by atoms with Gasteiger partial charge in [0.05, 0.1) is 17.2 Å². The van der Waals surface area contributed by atoms with Crippen molar-refractivity contribution in [1.82, 2.24) is 15.0 Å². The molecule has 3 aromatic rings. The van der Waals surface area contributed by atoms with E-state index in [1.54, 1.807) is 6.20 Å². The van der Waals surface area contributed by atoms with Crippen LogP contribution < -0.4 is 5.73 Å². The molecule has 0 saturated carbocycles. The maximum absolute atomic E-state index is 5.43. The normalized spacial score (nSPS) is 11.1. The molecule has 3 rings (SSSR count). The first kappa shape index (κ1) is 8.96. The SMILES string of the molecule is Cc1nc2ccc(-c3cnc(N)o3)cc2[nH]1. The molecule has 0 saturated heterocycles. The molecule has 5 nitrogen and oxygen atoms in total. The first-order valence-corrected chi connectivity index (χ1v) is 4.90. The fourth-order valence-electron chi connectivity index (χ4n) is 1.71. The molecule has 0 aliphatic carbocycles. The maximum Gasteiger partial charge on any atom is 0.292 e. The maximum atomic E-state index is 5.43. The number of fused-ring (bicyclic) bond motifs is 1. The number of rotatable bonds is 1. The largest absolute Gasteiger partial charge is 0.424 e. The zero-order valence-corrected chi connectivity index (χ0v) is 8.69. The van der Waals surface area contributed by atoms with Gasteiger partial charge in [-0.25, -0.2) is 9.97 Å². The summed E-state index contributed by atoms with van der Waals surface area (Å²) < 4.78 is 5.26. The number of hydrogen-bond acceptors (Lipinski definition) is 4. The van der Waals surface area contributed by atoms with Gasteiger partial charge in [-0.2, -0.15) is 0 Å². The van der Waals surface area contributed by atoms with Crippen LogP contribution >= 0.6 is 0 Å². The van der Waals surface area contributed by atoms with Crippen LogP contribution in [0.25, 0.3) is 22.4 Å². The molecule has 2 aromatic heterocycles. The zero-order chi connectivity index (χ0) is 11.1. The Labute approximate surface area is 91.3 Å². The van der Waals surface area contributed by atoms with E-state index in [2.05, 4.69) is 15.0 Å². The Balaban J connectivity index is 2.17. The van der Waals surface area contributed by atoms with Gasteiger partial charge in [0, 0.05) is 5.56 Å². The van der Waals surface area contributed by atoms with E-state index in [0.29, 0.717) is 5.76 Å². The molecule has 0 radical (unpaired) electrons. The third-order valence-electron chi connectivity index (χ3n) is 2.41. The number of oxazole rings is 1. The molecular weight excluding hydrogens is 204 g/mol. The lowest BCUT2D eigenvalue weighted by Crippen LogP contribution is -1.80. The number of imidazole rings is 1. The van der Waals surface area contributed by atoms with Crippen LogP contribution in [0.2, 0.25) is 0 Å². The lowest BCUT2D eigenvalue weighted by atomic mass is 10.1. The van der Waals surface area contributed by atoms with Crippen LogP contribution in [0, 0.1) is 6.92 Å². The Kier molecular flexibility index (Phi) is 1.73. The molecule has 5 heteroatoms. The molecule has 0 bridgehead atoms. The second kappa shape index (κ2) is 3.10. The van der Waals surface area contributed by atoms with Crippen LogP contribution in [0.3, 0.4) is 0 Å². The highest BCUT2D eigenvalue weighted by atomic mass is 16.4. The van der Waals surface area contributed by atoms with Crippen molar-refractivity contribution in [2.24, 2.45) is 0 Å². The summed E-state index contributed by atoms with van der Waals surface area (Å²) in [5.41, 5.74) is 8.28. The Morgan fingerprint density at radius 3 is 3.00 bits per heavy atom. The molecule has 2 heterocycles. The second-order valence-corrected chi connectivity index (χ2v) is 3.62. The molecule has 0 fully saturated rings. The van der Waals surface area contributed by atoms with Crippen LogP contribution in [0.4, 0.5) is 6.01 Å². The molecule has 1 aromatic carbocycles. The number of nitrogens with two attached hydrogens (primary N) is 1. The van der Waals surface area contributed by atoms with Crippen LogP contribution in [0.5, 0.6) is 0 Å². The van der Waals surface area contributed by atoms with E-state index >= 15 is 0 Å². The molecule has 0 aliphatic rings. The highest BCUT2D eigenvalue weighted by Crippen LogP contribution is 2.24. The van der Waals surface area contributed by atoms with Crippen LogP contribution in [0.15, 0.2) is 28.8 Å². The summed E-state index contributed by atoms with van der Waals surface area (Å²) in [5, 5.41) is 0. The minimum absolute atomic E-state index is 0.177. The number of aromatic nitrogens is 3. The summed E-state index contributed by atoms with van der Waals surface area (Å²) in [4.78, 5) is 11.4. The van der Waals surface area contributed by atoms with Crippen LogP contribution in [-0.4, -0.2) is 15.0 Å². The molecule has 0 unspecified atom stereocenters. The molecule has 80 valence electrons. The van der Waals surface area contributed by atoms with Gasteiger partial charge < -0.3 is 15.1 Å². The monoisotopic (exact) mass is 214 g/mol. The number of nitrogens with one attached hydrogen (secondary N) is 1. The van der Waals surface area contributed by atoms with Crippen LogP contribution in [-0.2, 0) is 0 Å². The van der Waals surface area contributed by atoms with Gasteiger partial charge in [-0.15, -0.1) is 0 Å². The first-order valence-electron chi connectivity index (χ1n) is 4.90. The van der Waals surface area contributed by atoms with Crippen molar-refractivity contribution in [2.75, 3.05) is 5.73 Å². The van der Waals surface area contributed by atoms with Gasteiger partial charge in [-0.1, -0.05) is 0 Å².